The maximum absolute atomic E-state index is 12.1. The lowest BCUT2D eigenvalue weighted by Crippen LogP contribution is -2.21. The molecule has 0 saturated heterocycles. The molecule has 32 heavy (non-hydrogen) atoms. The maximum atomic E-state index is 12.1. The number of esters is 1. The van der Waals surface area contributed by atoms with E-state index >= 15 is 0 Å². The van der Waals surface area contributed by atoms with E-state index in [0.29, 0.717) is 21.6 Å². The lowest BCUT2D eigenvalue weighted by Gasteiger charge is -2.04. The Hall–Kier alpha value is -2.40. The highest BCUT2D eigenvalue weighted by atomic mass is 35.5. The number of carbonyl (C=O) groups excluding carboxylic acids is 2. The third-order valence-electron chi connectivity index (χ3n) is 3.91. The van der Waals surface area contributed by atoms with Crippen LogP contribution >= 0.6 is 46.5 Å². The molecule has 166 valence electrons. The van der Waals surface area contributed by atoms with Crippen LogP contribution in [0.25, 0.3) is 0 Å². The first kappa shape index (κ1) is 24.2. The molecule has 0 fully saturated rings. The van der Waals surface area contributed by atoms with Crippen LogP contribution < -0.4 is 10.2 Å². The molecule has 1 amide bonds. The molecule has 0 atom stereocenters. The zero-order valence-corrected chi connectivity index (χ0v) is 20.4. The van der Waals surface area contributed by atoms with E-state index in [1.807, 2.05) is 24.3 Å². The lowest BCUT2D eigenvalue weighted by molar-refractivity contribution is -0.131. The van der Waals surface area contributed by atoms with E-state index in [0.717, 1.165) is 20.5 Å². The van der Waals surface area contributed by atoms with Gasteiger partial charge in [0, 0.05) is 17.7 Å². The van der Waals surface area contributed by atoms with E-state index in [-0.39, 0.29) is 17.6 Å². The number of hydrogen-bond acceptors (Lipinski definition) is 9. The largest absolute Gasteiger partial charge is 0.427 e. The zero-order chi connectivity index (χ0) is 22.9. The van der Waals surface area contributed by atoms with Crippen LogP contribution in [-0.2, 0) is 15.3 Å². The van der Waals surface area contributed by atoms with E-state index in [4.69, 9.17) is 16.3 Å². The van der Waals surface area contributed by atoms with Crippen LogP contribution in [0.1, 0.15) is 25.0 Å². The van der Waals surface area contributed by atoms with Crippen molar-refractivity contribution in [3.05, 3.63) is 64.7 Å². The van der Waals surface area contributed by atoms with Gasteiger partial charge in [-0.1, -0.05) is 64.7 Å². The summed E-state index contributed by atoms with van der Waals surface area (Å²) in [5, 5.41) is 13.1. The van der Waals surface area contributed by atoms with Crippen molar-refractivity contribution in [3.8, 4) is 5.75 Å². The van der Waals surface area contributed by atoms with Crippen LogP contribution in [0.5, 0.6) is 5.75 Å². The molecule has 0 aliphatic rings. The zero-order valence-electron chi connectivity index (χ0n) is 17.2. The molecule has 0 aliphatic carbocycles. The average molecular weight is 507 g/mol. The highest BCUT2D eigenvalue weighted by Gasteiger charge is 2.10. The first-order chi connectivity index (χ1) is 15.4. The van der Waals surface area contributed by atoms with Gasteiger partial charge in [-0.3, -0.25) is 9.59 Å². The number of benzene rings is 2. The van der Waals surface area contributed by atoms with Crippen molar-refractivity contribution in [1.29, 1.82) is 0 Å². The van der Waals surface area contributed by atoms with Gasteiger partial charge in [0.25, 0.3) is 5.91 Å². The SMILES string of the molecule is CC(=O)Oc1ccc(/C(C)=N\NC(=O)CSc2nnc(SCc3ccccc3Cl)s2)cc1. The molecular formula is C21H19ClN4O3S3. The van der Waals surface area contributed by atoms with Crippen molar-refractivity contribution >= 4 is 64.0 Å². The predicted molar refractivity (Wildman–Crippen MR) is 130 cm³/mol. The molecule has 0 spiro atoms. The topological polar surface area (TPSA) is 93.5 Å². The fraction of sp³-hybridized carbons (Fsp3) is 0.190. The van der Waals surface area contributed by atoms with Crippen LogP contribution in [0.15, 0.2) is 62.3 Å². The second-order valence-electron chi connectivity index (χ2n) is 6.35. The third-order valence-corrected chi connectivity index (χ3v) is 7.51. The Kier molecular flexibility index (Phi) is 9.10. The minimum Gasteiger partial charge on any atom is -0.427 e. The van der Waals surface area contributed by atoms with Gasteiger partial charge in [-0.25, -0.2) is 5.43 Å². The van der Waals surface area contributed by atoms with E-state index in [1.54, 1.807) is 43.0 Å². The van der Waals surface area contributed by atoms with Crippen LogP contribution in [0, 0.1) is 0 Å². The highest BCUT2D eigenvalue weighted by molar-refractivity contribution is 8.03. The minimum atomic E-state index is -0.380. The van der Waals surface area contributed by atoms with Gasteiger partial charge < -0.3 is 4.74 Å². The minimum absolute atomic E-state index is 0.173. The normalized spacial score (nSPS) is 11.3. The first-order valence-electron chi connectivity index (χ1n) is 9.35. The molecule has 7 nitrogen and oxygen atoms in total. The van der Waals surface area contributed by atoms with Gasteiger partial charge in [0.1, 0.15) is 5.75 Å². The van der Waals surface area contributed by atoms with Crippen LogP contribution in [0.2, 0.25) is 5.02 Å². The number of aromatic nitrogens is 2. The number of nitrogens with zero attached hydrogens (tertiary/aromatic N) is 3. The molecule has 0 saturated carbocycles. The van der Waals surface area contributed by atoms with Crippen molar-refractivity contribution in [2.75, 3.05) is 5.75 Å². The average Bonchev–Trinajstić information content (AvgIpc) is 3.23. The summed E-state index contributed by atoms with van der Waals surface area (Å²) >= 11 is 10.5. The summed E-state index contributed by atoms with van der Waals surface area (Å²) < 4.78 is 6.53. The maximum Gasteiger partial charge on any atom is 0.308 e. The Morgan fingerprint density at radius 1 is 1.06 bits per heavy atom. The molecule has 0 unspecified atom stereocenters. The Morgan fingerprint density at radius 3 is 2.44 bits per heavy atom. The number of nitrogens with one attached hydrogen (secondary N) is 1. The van der Waals surface area contributed by atoms with Crippen molar-refractivity contribution in [1.82, 2.24) is 15.6 Å². The molecule has 1 aromatic heterocycles. The van der Waals surface area contributed by atoms with Gasteiger partial charge in [-0.05, 0) is 48.4 Å². The number of halogens is 1. The number of hydrazone groups is 1. The summed E-state index contributed by atoms with van der Waals surface area (Å²) in [6.07, 6.45) is 0. The smallest absolute Gasteiger partial charge is 0.308 e. The monoisotopic (exact) mass is 506 g/mol. The van der Waals surface area contributed by atoms with E-state index in [9.17, 15) is 9.59 Å². The highest BCUT2D eigenvalue weighted by Crippen LogP contribution is 2.32. The van der Waals surface area contributed by atoms with Gasteiger partial charge >= 0.3 is 5.97 Å². The Morgan fingerprint density at radius 2 is 1.75 bits per heavy atom. The molecule has 3 aromatic rings. The van der Waals surface area contributed by atoms with Gasteiger partial charge in [-0.15, -0.1) is 10.2 Å². The van der Waals surface area contributed by atoms with E-state index < -0.39 is 0 Å². The number of ether oxygens (including phenoxy) is 1. The summed E-state index contributed by atoms with van der Waals surface area (Å²) in [6.45, 7) is 3.12. The van der Waals surface area contributed by atoms with Crippen LogP contribution in [0.4, 0.5) is 0 Å². The van der Waals surface area contributed by atoms with Crippen LogP contribution in [-0.4, -0.2) is 33.5 Å². The van der Waals surface area contributed by atoms with E-state index in [2.05, 4.69) is 20.7 Å². The van der Waals surface area contributed by atoms with Gasteiger partial charge in [0.15, 0.2) is 8.68 Å². The standard InChI is InChI=1S/C21H19ClN4O3S3/c1-13(15-7-9-17(10-8-15)29-14(2)27)23-24-19(28)12-31-21-26-25-20(32-21)30-11-16-5-3-4-6-18(16)22/h3-10H,11-12H2,1-2H3,(H,24,28)/b23-13-. The fourth-order valence-electron chi connectivity index (χ4n) is 2.37. The molecule has 0 bridgehead atoms. The number of amides is 1. The molecule has 1 heterocycles. The Balaban J connectivity index is 1.44. The van der Waals surface area contributed by atoms with E-state index in [1.165, 1.54) is 30.0 Å². The van der Waals surface area contributed by atoms with Gasteiger partial charge in [-0.2, -0.15) is 5.10 Å². The summed E-state index contributed by atoms with van der Waals surface area (Å²) in [7, 11) is 0. The second kappa shape index (κ2) is 12.0. The summed E-state index contributed by atoms with van der Waals surface area (Å²) in [4.78, 5) is 23.1. The molecule has 3 rings (SSSR count). The molecule has 0 radical (unpaired) electrons. The summed E-state index contributed by atoms with van der Waals surface area (Å²) in [5.41, 5.74) is 5.01. The summed E-state index contributed by atoms with van der Waals surface area (Å²) in [6, 6.07) is 14.6. The van der Waals surface area contributed by atoms with Crippen molar-refractivity contribution in [3.63, 3.8) is 0 Å². The summed E-state index contributed by atoms with van der Waals surface area (Å²) in [5.74, 6) is 0.707. The Labute approximate surface area is 203 Å². The van der Waals surface area contributed by atoms with Crippen molar-refractivity contribution in [2.45, 2.75) is 28.3 Å². The fourth-order valence-corrected chi connectivity index (χ4v) is 5.47. The number of carbonyl (C=O) groups is 2. The third kappa shape index (κ3) is 7.63. The lowest BCUT2D eigenvalue weighted by atomic mass is 10.1. The molecule has 1 N–H and O–H groups in total. The van der Waals surface area contributed by atoms with Crippen molar-refractivity contribution < 1.29 is 14.3 Å². The quantitative estimate of drug-likeness (QED) is 0.143. The number of thioether (sulfide) groups is 2. The molecule has 0 aliphatic heterocycles. The van der Waals surface area contributed by atoms with Crippen LogP contribution in [0.3, 0.4) is 0 Å². The number of rotatable bonds is 9. The second-order valence-corrected chi connectivity index (χ2v) is 10.2. The van der Waals surface area contributed by atoms with Gasteiger partial charge in [0.05, 0.1) is 11.5 Å². The predicted octanol–water partition coefficient (Wildman–Crippen LogP) is 5.04. The first-order valence-corrected chi connectivity index (χ1v) is 12.5. The molecule has 11 heteroatoms. The molecular weight excluding hydrogens is 488 g/mol. The van der Waals surface area contributed by atoms with Crippen molar-refractivity contribution in [2.24, 2.45) is 5.10 Å². The Bertz CT molecular complexity index is 1120. The van der Waals surface area contributed by atoms with Gasteiger partial charge in [0.2, 0.25) is 0 Å². The molecule has 2 aromatic carbocycles. The number of hydrogen-bond donors (Lipinski definition) is 1.